The van der Waals surface area contributed by atoms with Crippen LogP contribution < -0.4 is 48.5 Å². The van der Waals surface area contributed by atoms with Gasteiger partial charge in [-0.1, -0.05) is 11.2 Å². The second-order valence-electron chi connectivity index (χ2n) is 11.6. The number of benzene rings is 4. The van der Waals surface area contributed by atoms with Gasteiger partial charge in [-0.25, -0.2) is 0 Å². The maximum absolute atomic E-state index is 12.8. The van der Waals surface area contributed by atoms with E-state index >= 15 is 0 Å². The van der Waals surface area contributed by atoms with Gasteiger partial charge in [-0.3, -0.25) is 4.79 Å². The van der Waals surface area contributed by atoms with Gasteiger partial charge in [-0.05, 0) is 79.1 Å². The average Bonchev–Trinajstić information content (AvgIpc) is 3.69. The van der Waals surface area contributed by atoms with Gasteiger partial charge in [-0.15, -0.1) is 0 Å². The Labute approximate surface area is 301 Å². The van der Waals surface area contributed by atoms with Crippen LogP contribution in [0.5, 0.6) is 46.0 Å². The third-order valence-corrected chi connectivity index (χ3v) is 8.54. The first-order valence-electron chi connectivity index (χ1n) is 16.5. The van der Waals surface area contributed by atoms with Crippen molar-refractivity contribution < 1.29 is 47.2 Å². The Bertz CT molecular complexity index is 2000. The smallest absolute Gasteiger partial charge is 0.255 e. The molecule has 2 heterocycles. The Balaban J connectivity index is 1.04. The van der Waals surface area contributed by atoms with E-state index < -0.39 is 6.17 Å². The number of ether oxygens (including phenoxy) is 8. The third-order valence-electron chi connectivity index (χ3n) is 8.54. The Hall–Kier alpha value is -6.24. The van der Waals surface area contributed by atoms with Gasteiger partial charge >= 0.3 is 0 Å². The highest BCUT2D eigenvalue weighted by molar-refractivity contribution is 6.02. The van der Waals surface area contributed by atoms with Crippen LogP contribution in [0.3, 0.4) is 0 Å². The topological polar surface area (TPSA) is 141 Å². The first kappa shape index (κ1) is 35.6. The van der Waals surface area contributed by atoms with Gasteiger partial charge in [0.25, 0.3) is 5.91 Å². The number of hydrogen-bond acceptors (Lipinski definition) is 12. The second-order valence-corrected chi connectivity index (χ2v) is 11.6. The Morgan fingerprint density at radius 2 is 1.29 bits per heavy atom. The van der Waals surface area contributed by atoms with Crippen LogP contribution in [0.15, 0.2) is 77.3 Å². The highest BCUT2D eigenvalue weighted by Gasteiger charge is 2.26. The molecule has 52 heavy (non-hydrogen) atoms. The number of methoxy groups -OCH3 is 6. The molecule has 0 fully saturated rings. The van der Waals surface area contributed by atoms with E-state index in [4.69, 9.17) is 42.4 Å². The van der Waals surface area contributed by atoms with Crippen LogP contribution in [-0.4, -0.2) is 66.9 Å². The Kier molecular flexibility index (Phi) is 11.1. The van der Waals surface area contributed by atoms with Gasteiger partial charge in [0.2, 0.25) is 5.75 Å². The summed E-state index contributed by atoms with van der Waals surface area (Å²) in [4.78, 5) is 12.8. The van der Waals surface area contributed by atoms with Gasteiger partial charge in [0.1, 0.15) is 17.6 Å². The standard InChI is InChI=1S/C39H41N3O10/c1-44-26-11-12-28-27(21-26)39(43)41-38(40-28)24-10-14-31(33(18-24)46-3)50-15-7-8-16-51-34-17-23(9-13-30(34)45-2)32-22-29(42-52-32)25-19-35(47-4)37(49-6)36(20-25)48-5/h9-14,17-22,38,40H,7-8,15-16H2,1-6H3,(H,41,43). The normalized spacial score (nSPS) is 13.3. The summed E-state index contributed by atoms with van der Waals surface area (Å²) in [6, 6.07) is 22.0. The number of rotatable bonds is 16. The van der Waals surface area contributed by atoms with E-state index in [1.165, 1.54) is 0 Å². The van der Waals surface area contributed by atoms with Gasteiger partial charge in [0.05, 0.1) is 61.4 Å². The monoisotopic (exact) mass is 711 g/mol. The molecule has 0 radical (unpaired) electrons. The number of aromatic nitrogens is 1. The predicted octanol–water partition coefficient (Wildman–Crippen LogP) is 7.15. The maximum Gasteiger partial charge on any atom is 0.255 e. The van der Waals surface area contributed by atoms with Crippen molar-refractivity contribution in [3.8, 4) is 68.6 Å². The summed E-state index contributed by atoms with van der Waals surface area (Å²) >= 11 is 0. The molecule has 0 bridgehead atoms. The molecule has 1 unspecified atom stereocenters. The molecule has 0 spiro atoms. The molecule has 4 aromatic carbocycles. The molecule has 1 amide bonds. The molecule has 13 heteroatoms. The van der Waals surface area contributed by atoms with Crippen LogP contribution in [0.25, 0.3) is 22.6 Å². The lowest BCUT2D eigenvalue weighted by atomic mass is 10.0. The number of anilines is 1. The fraction of sp³-hybridized carbons (Fsp3) is 0.282. The molecule has 2 N–H and O–H groups in total. The summed E-state index contributed by atoms with van der Waals surface area (Å²) in [7, 11) is 9.43. The van der Waals surface area contributed by atoms with Gasteiger partial charge in [0.15, 0.2) is 40.3 Å². The summed E-state index contributed by atoms with van der Waals surface area (Å²) in [5.41, 5.74) is 4.19. The number of fused-ring (bicyclic) bond motifs is 1. The molecule has 13 nitrogen and oxygen atoms in total. The van der Waals surface area contributed by atoms with Crippen LogP contribution in [0.1, 0.15) is 34.9 Å². The van der Waals surface area contributed by atoms with Crippen molar-refractivity contribution in [2.24, 2.45) is 0 Å². The number of carbonyl (C=O) groups is 1. The first-order chi connectivity index (χ1) is 25.4. The zero-order valence-electron chi connectivity index (χ0n) is 29.9. The van der Waals surface area contributed by atoms with E-state index in [9.17, 15) is 4.79 Å². The highest BCUT2D eigenvalue weighted by Crippen LogP contribution is 2.42. The maximum atomic E-state index is 12.8. The fourth-order valence-electron chi connectivity index (χ4n) is 5.80. The summed E-state index contributed by atoms with van der Waals surface area (Å²) < 4.78 is 50.7. The number of nitrogens with one attached hydrogen (secondary N) is 2. The summed E-state index contributed by atoms with van der Waals surface area (Å²) in [6.45, 7) is 0.887. The molecule has 6 rings (SSSR count). The lowest BCUT2D eigenvalue weighted by Crippen LogP contribution is -2.38. The van der Waals surface area contributed by atoms with Crippen molar-refractivity contribution in [1.29, 1.82) is 0 Å². The van der Waals surface area contributed by atoms with Crippen molar-refractivity contribution >= 4 is 11.6 Å². The minimum absolute atomic E-state index is 0.192. The van der Waals surface area contributed by atoms with E-state index in [1.807, 2.05) is 66.7 Å². The van der Waals surface area contributed by atoms with Gasteiger partial charge in [-0.2, -0.15) is 0 Å². The summed E-state index contributed by atoms with van der Waals surface area (Å²) in [5.74, 6) is 4.84. The van der Waals surface area contributed by atoms with E-state index in [-0.39, 0.29) is 5.91 Å². The SMILES string of the molecule is COc1ccc2c(c1)C(=O)NC(c1ccc(OCCCCOc3cc(-c4cc(-c5cc(OC)c(OC)c(OC)c5)no4)ccc3OC)c(OC)c1)N2. The summed E-state index contributed by atoms with van der Waals surface area (Å²) in [5, 5.41) is 10.6. The largest absolute Gasteiger partial charge is 0.497 e. The van der Waals surface area contributed by atoms with Crippen molar-refractivity contribution in [3.05, 3.63) is 83.9 Å². The molecule has 0 saturated carbocycles. The lowest BCUT2D eigenvalue weighted by Gasteiger charge is -2.28. The van der Waals surface area contributed by atoms with Crippen LogP contribution in [0.2, 0.25) is 0 Å². The van der Waals surface area contributed by atoms with Crippen LogP contribution in [0.4, 0.5) is 5.69 Å². The molecule has 1 atom stereocenters. The minimum atomic E-state index is -0.434. The lowest BCUT2D eigenvalue weighted by molar-refractivity contribution is 0.0935. The zero-order valence-corrected chi connectivity index (χ0v) is 29.9. The minimum Gasteiger partial charge on any atom is -0.497 e. The Morgan fingerprint density at radius 3 is 1.96 bits per heavy atom. The van der Waals surface area contributed by atoms with Crippen molar-refractivity contribution in [2.45, 2.75) is 19.0 Å². The van der Waals surface area contributed by atoms with E-state index in [1.54, 1.807) is 48.7 Å². The summed E-state index contributed by atoms with van der Waals surface area (Å²) in [6.07, 6.45) is 1.02. The van der Waals surface area contributed by atoms with Crippen LogP contribution in [-0.2, 0) is 0 Å². The first-order valence-corrected chi connectivity index (χ1v) is 16.5. The average molecular weight is 712 g/mol. The van der Waals surface area contributed by atoms with Crippen LogP contribution in [0, 0.1) is 0 Å². The fourth-order valence-corrected chi connectivity index (χ4v) is 5.80. The number of nitrogens with zero attached hydrogens (tertiary/aromatic N) is 1. The number of amides is 1. The molecule has 1 aromatic heterocycles. The highest BCUT2D eigenvalue weighted by atomic mass is 16.5. The molecular formula is C39H41N3O10. The second kappa shape index (κ2) is 16.2. The molecule has 0 saturated heterocycles. The van der Waals surface area contributed by atoms with Crippen molar-refractivity contribution in [3.63, 3.8) is 0 Å². The molecule has 272 valence electrons. The van der Waals surface area contributed by atoms with Gasteiger partial charge in [0, 0.05) is 22.9 Å². The number of unbranched alkanes of at least 4 members (excludes halogenated alkanes) is 1. The molecule has 1 aliphatic rings. The van der Waals surface area contributed by atoms with Crippen molar-refractivity contribution in [1.82, 2.24) is 10.5 Å². The Morgan fingerprint density at radius 1 is 0.615 bits per heavy atom. The quantitative estimate of drug-likeness (QED) is 0.100. The molecule has 0 aliphatic carbocycles. The predicted molar refractivity (Wildman–Crippen MR) is 194 cm³/mol. The number of carbonyl (C=O) groups excluding carboxylic acids is 1. The van der Waals surface area contributed by atoms with E-state index in [0.717, 1.165) is 35.2 Å². The number of hydrogen-bond donors (Lipinski definition) is 2. The molecular weight excluding hydrogens is 670 g/mol. The van der Waals surface area contributed by atoms with Gasteiger partial charge < -0.3 is 53.1 Å². The van der Waals surface area contributed by atoms with E-state index in [0.29, 0.717) is 76.2 Å². The van der Waals surface area contributed by atoms with E-state index in [2.05, 4.69) is 15.8 Å². The van der Waals surface area contributed by atoms with Crippen LogP contribution >= 0.6 is 0 Å². The third kappa shape index (κ3) is 7.58. The molecule has 1 aliphatic heterocycles. The van der Waals surface area contributed by atoms with Crippen molar-refractivity contribution in [2.75, 3.05) is 61.2 Å². The zero-order chi connectivity index (χ0) is 36.6. The molecule has 5 aromatic rings.